The van der Waals surface area contributed by atoms with E-state index in [-0.39, 0.29) is 11.8 Å². The molecule has 0 radical (unpaired) electrons. The molecule has 0 atom stereocenters. The van der Waals surface area contributed by atoms with Gasteiger partial charge in [-0.05, 0) is 0 Å². The maximum Gasteiger partial charge on any atom is 0.312 e. The molecule has 1 aromatic heterocycles. The molecule has 0 amide bonds. The molecule has 0 saturated carbocycles. The van der Waals surface area contributed by atoms with Gasteiger partial charge >= 0.3 is 5.97 Å². The van der Waals surface area contributed by atoms with Crippen molar-refractivity contribution in [1.29, 1.82) is 0 Å². The molecule has 0 aromatic carbocycles. The van der Waals surface area contributed by atoms with E-state index in [9.17, 15) is 4.79 Å². The Labute approximate surface area is 63.7 Å². The van der Waals surface area contributed by atoms with E-state index in [1.54, 1.807) is 6.92 Å². The quantitative estimate of drug-likeness (QED) is 0.478. The minimum absolute atomic E-state index is 0.261. The van der Waals surface area contributed by atoms with Crippen molar-refractivity contribution in [3.05, 3.63) is 12.3 Å². The van der Waals surface area contributed by atoms with E-state index in [1.165, 1.54) is 12.3 Å². The van der Waals surface area contributed by atoms with Crippen molar-refractivity contribution in [3.8, 4) is 5.88 Å². The van der Waals surface area contributed by atoms with Crippen LogP contribution in [0.25, 0.3) is 0 Å². The van der Waals surface area contributed by atoms with Crippen LogP contribution in [0.5, 0.6) is 5.88 Å². The first-order valence-electron chi connectivity index (χ1n) is 3.24. The second kappa shape index (κ2) is 3.05. The van der Waals surface area contributed by atoms with E-state index in [0.29, 0.717) is 6.42 Å². The topological polar surface area (TPSA) is 70.1 Å². The second-order valence-corrected chi connectivity index (χ2v) is 1.94. The fourth-order valence-electron chi connectivity index (χ4n) is 0.572. The van der Waals surface area contributed by atoms with Crippen molar-refractivity contribution in [2.45, 2.75) is 13.3 Å². The largest absolute Gasteiger partial charge is 0.406 e. The molecule has 0 bridgehead atoms. The van der Waals surface area contributed by atoms with Crippen molar-refractivity contribution >= 4 is 5.97 Å². The van der Waals surface area contributed by atoms with Gasteiger partial charge in [0.05, 0.1) is 6.20 Å². The number of aromatic nitrogens is 2. The van der Waals surface area contributed by atoms with Crippen LogP contribution in [0.3, 0.4) is 0 Å². The summed E-state index contributed by atoms with van der Waals surface area (Å²) in [6.45, 7) is 1.71. The lowest BCUT2D eigenvalue weighted by Gasteiger charge is -2.00. The Bertz CT molecular complexity index is 256. The SMILES string of the molecule is CCC(=O)Oc1ccnn1N. The monoisotopic (exact) mass is 155 g/mol. The van der Waals surface area contributed by atoms with Gasteiger partial charge in [-0.2, -0.15) is 5.10 Å². The maximum atomic E-state index is 10.7. The van der Waals surface area contributed by atoms with Crippen LogP contribution in [-0.2, 0) is 4.79 Å². The Morgan fingerprint density at radius 3 is 3.09 bits per heavy atom. The summed E-state index contributed by atoms with van der Waals surface area (Å²) in [4.78, 5) is 11.7. The number of carbonyl (C=O) groups excluding carboxylic acids is 1. The molecule has 0 spiro atoms. The van der Waals surface area contributed by atoms with E-state index in [0.717, 1.165) is 4.79 Å². The zero-order chi connectivity index (χ0) is 8.27. The lowest BCUT2D eigenvalue weighted by atomic mass is 10.5. The average molecular weight is 155 g/mol. The Morgan fingerprint density at radius 1 is 1.91 bits per heavy atom. The lowest BCUT2D eigenvalue weighted by Crippen LogP contribution is -2.15. The minimum atomic E-state index is -0.322. The number of nitrogen functional groups attached to an aromatic ring is 1. The molecule has 0 fully saturated rings. The molecule has 0 aliphatic heterocycles. The first kappa shape index (κ1) is 7.59. The summed E-state index contributed by atoms with van der Waals surface area (Å²) >= 11 is 0. The Hall–Kier alpha value is -1.52. The van der Waals surface area contributed by atoms with Crippen LogP contribution in [0, 0.1) is 0 Å². The number of carbonyl (C=O) groups is 1. The minimum Gasteiger partial charge on any atom is -0.406 e. The number of hydrogen-bond donors (Lipinski definition) is 1. The van der Waals surface area contributed by atoms with Gasteiger partial charge in [0, 0.05) is 12.5 Å². The fraction of sp³-hybridized carbons (Fsp3) is 0.333. The summed E-state index contributed by atoms with van der Waals surface area (Å²) in [5.74, 6) is 5.21. The Balaban J connectivity index is 2.64. The lowest BCUT2D eigenvalue weighted by molar-refractivity contribution is -0.134. The third-order valence-corrected chi connectivity index (χ3v) is 1.14. The zero-order valence-corrected chi connectivity index (χ0v) is 6.15. The molecule has 11 heavy (non-hydrogen) atoms. The molecular formula is C6H9N3O2. The van der Waals surface area contributed by atoms with Crippen molar-refractivity contribution in [2.75, 3.05) is 5.84 Å². The molecule has 0 aliphatic carbocycles. The summed E-state index contributed by atoms with van der Waals surface area (Å²) in [7, 11) is 0. The fourth-order valence-corrected chi connectivity index (χ4v) is 0.572. The van der Waals surface area contributed by atoms with E-state index in [2.05, 4.69) is 5.10 Å². The third kappa shape index (κ3) is 1.70. The van der Waals surface area contributed by atoms with E-state index < -0.39 is 0 Å². The highest BCUT2D eigenvalue weighted by Crippen LogP contribution is 2.05. The smallest absolute Gasteiger partial charge is 0.312 e. The van der Waals surface area contributed by atoms with Gasteiger partial charge < -0.3 is 10.6 Å². The number of nitrogens with zero attached hydrogens (tertiary/aromatic N) is 2. The van der Waals surface area contributed by atoms with Gasteiger partial charge in [0.25, 0.3) is 0 Å². The zero-order valence-electron chi connectivity index (χ0n) is 6.15. The molecular weight excluding hydrogens is 146 g/mol. The summed E-state index contributed by atoms with van der Waals surface area (Å²) in [6.07, 6.45) is 1.78. The van der Waals surface area contributed by atoms with E-state index >= 15 is 0 Å². The van der Waals surface area contributed by atoms with Crippen LogP contribution in [0.4, 0.5) is 0 Å². The number of nitrogens with two attached hydrogens (primary N) is 1. The number of rotatable bonds is 2. The summed E-state index contributed by atoms with van der Waals surface area (Å²) < 4.78 is 4.77. The molecule has 5 nitrogen and oxygen atoms in total. The predicted molar refractivity (Wildman–Crippen MR) is 38.3 cm³/mol. The predicted octanol–water partition coefficient (Wildman–Crippen LogP) is -0.0877. The highest BCUT2D eigenvalue weighted by Gasteiger charge is 2.04. The number of ether oxygens (including phenoxy) is 1. The molecule has 1 heterocycles. The van der Waals surface area contributed by atoms with Gasteiger partial charge in [-0.1, -0.05) is 6.92 Å². The first-order valence-corrected chi connectivity index (χ1v) is 3.24. The van der Waals surface area contributed by atoms with Crippen LogP contribution < -0.4 is 10.6 Å². The van der Waals surface area contributed by atoms with Crippen molar-refractivity contribution in [2.24, 2.45) is 0 Å². The summed E-state index contributed by atoms with van der Waals surface area (Å²) in [5.41, 5.74) is 0. The van der Waals surface area contributed by atoms with Gasteiger partial charge in [-0.25, -0.2) is 0 Å². The van der Waals surface area contributed by atoms with Crippen molar-refractivity contribution < 1.29 is 9.53 Å². The van der Waals surface area contributed by atoms with Gasteiger partial charge in [0.2, 0.25) is 5.88 Å². The molecule has 5 heteroatoms. The molecule has 1 aromatic rings. The molecule has 2 N–H and O–H groups in total. The van der Waals surface area contributed by atoms with Gasteiger partial charge in [0.1, 0.15) is 0 Å². The van der Waals surface area contributed by atoms with Gasteiger partial charge in [-0.15, -0.1) is 4.79 Å². The highest BCUT2D eigenvalue weighted by atomic mass is 16.5. The van der Waals surface area contributed by atoms with E-state index in [1.807, 2.05) is 0 Å². The normalized spacial score (nSPS) is 9.55. The number of esters is 1. The van der Waals surface area contributed by atoms with Crippen LogP contribution in [0.15, 0.2) is 12.3 Å². The van der Waals surface area contributed by atoms with Crippen molar-refractivity contribution in [1.82, 2.24) is 9.89 Å². The van der Waals surface area contributed by atoms with Gasteiger partial charge in [0.15, 0.2) is 0 Å². The number of hydrogen-bond acceptors (Lipinski definition) is 4. The Kier molecular flexibility index (Phi) is 2.10. The van der Waals surface area contributed by atoms with Crippen molar-refractivity contribution in [3.63, 3.8) is 0 Å². The highest BCUT2D eigenvalue weighted by molar-refractivity contribution is 5.71. The molecule has 0 unspecified atom stereocenters. The van der Waals surface area contributed by atoms with Gasteiger partial charge in [-0.3, -0.25) is 4.79 Å². The standard InChI is InChI=1S/C6H9N3O2/c1-2-6(10)11-5-3-4-8-9(5)7/h3-4H,2,7H2,1H3. The molecule has 60 valence electrons. The second-order valence-electron chi connectivity index (χ2n) is 1.94. The van der Waals surface area contributed by atoms with E-state index in [4.69, 9.17) is 10.6 Å². The maximum absolute atomic E-state index is 10.7. The first-order chi connectivity index (χ1) is 5.24. The Morgan fingerprint density at radius 2 is 2.64 bits per heavy atom. The molecule has 0 saturated heterocycles. The van der Waals surface area contributed by atoms with Crippen LogP contribution >= 0.6 is 0 Å². The molecule has 1 rings (SSSR count). The molecule has 0 aliphatic rings. The average Bonchev–Trinajstić information content (AvgIpc) is 2.37. The summed E-state index contributed by atoms with van der Waals surface area (Å²) in [5, 5.41) is 3.62. The summed E-state index contributed by atoms with van der Waals surface area (Å²) in [6, 6.07) is 1.52. The van der Waals surface area contributed by atoms with Crippen LogP contribution in [0.1, 0.15) is 13.3 Å². The third-order valence-electron chi connectivity index (χ3n) is 1.14. The van der Waals surface area contributed by atoms with Crippen LogP contribution in [0.2, 0.25) is 0 Å². The van der Waals surface area contributed by atoms with Crippen LogP contribution in [-0.4, -0.2) is 15.9 Å².